The van der Waals surface area contributed by atoms with Gasteiger partial charge < -0.3 is 16.0 Å². The lowest BCUT2D eigenvalue weighted by atomic mass is 10.00. The summed E-state index contributed by atoms with van der Waals surface area (Å²) in [6.45, 7) is 4.55. The molecule has 2 fully saturated rings. The summed E-state index contributed by atoms with van der Waals surface area (Å²) in [6.07, 6.45) is 14.5. The van der Waals surface area contributed by atoms with Gasteiger partial charge >= 0.3 is 0 Å². The molecule has 3 N–H and O–H groups in total. The molecular formula is C26H31N11O. The highest BCUT2D eigenvalue weighted by atomic mass is 16.1. The number of likely N-dealkylation sites (tertiary alicyclic amines) is 1. The van der Waals surface area contributed by atoms with Crippen molar-refractivity contribution in [2.45, 2.75) is 44.6 Å². The Balaban J connectivity index is 1.14. The highest BCUT2D eigenvalue weighted by molar-refractivity contribution is 5.96. The Hall–Kier alpha value is -4.19. The van der Waals surface area contributed by atoms with E-state index in [-0.39, 0.29) is 5.91 Å². The van der Waals surface area contributed by atoms with Crippen LogP contribution in [0, 0.1) is 6.92 Å². The van der Waals surface area contributed by atoms with E-state index in [1.54, 1.807) is 29.5 Å². The number of hydrogen-bond donors (Lipinski definition) is 3. The van der Waals surface area contributed by atoms with Crippen LogP contribution < -0.4 is 16.0 Å². The molecule has 1 amide bonds. The molecule has 5 heterocycles. The summed E-state index contributed by atoms with van der Waals surface area (Å²) >= 11 is 0. The normalized spacial score (nSPS) is 16.5. The van der Waals surface area contributed by atoms with Crippen molar-refractivity contribution < 1.29 is 4.79 Å². The molecule has 4 aromatic heterocycles. The number of rotatable bonds is 8. The van der Waals surface area contributed by atoms with Gasteiger partial charge in [-0.3, -0.25) is 14.7 Å². The van der Waals surface area contributed by atoms with Gasteiger partial charge in [0.1, 0.15) is 6.33 Å². The fourth-order valence-electron chi connectivity index (χ4n) is 5.21. The van der Waals surface area contributed by atoms with E-state index in [9.17, 15) is 4.79 Å². The molecule has 1 saturated carbocycles. The Morgan fingerprint density at radius 3 is 2.71 bits per heavy atom. The monoisotopic (exact) mass is 513 g/mol. The van der Waals surface area contributed by atoms with Crippen LogP contribution in [-0.2, 0) is 7.05 Å². The van der Waals surface area contributed by atoms with E-state index >= 15 is 0 Å². The van der Waals surface area contributed by atoms with Crippen LogP contribution >= 0.6 is 0 Å². The molecule has 1 aliphatic heterocycles. The van der Waals surface area contributed by atoms with Gasteiger partial charge in [0.05, 0.1) is 40.4 Å². The first kappa shape index (κ1) is 24.2. The Morgan fingerprint density at radius 2 is 1.89 bits per heavy atom. The van der Waals surface area contributed by atoms with Crippen molar-refractivity contribution in [2.24, 2.45) is 7.05 Å². The van der Waals surface area contributed by atoms with Gasteiger partial charge in [0.15, 0.2) is 11.5 Å². The zero-order valence-electron chi connectivity index (χ0n) is 21.6. The topological polar surface area (TPSA) is 139 Å². The van der Waals surface area contributed by atoms with Crippen LogP contribution in [0.1, 0.15) is 48.2 Å². The Bertz CT molecular complexity index is 1470. The fraction of sp³-hybridized carbons (Fsp3) is 0.423. The van der Waals surface area contributed by atoms with Crippen LogP contribution in [0.4, 0.5) is 23.1 Å². The van der Waals surface area contributed by atoms with Crippen molar-refractivity contribution in [2.75, 3.05) is 30.3 Å². The first-order valence-corrected chi connectivity index (χ1v) is 13.0. The second kappa shape index (κ2) is 9.93. The number of aryl methyl sites for hydroxylation is 2. The molecule has 4 aromatic rings. The van der Waals surface area contributed by atoms with Crippen LogP contribution in [0.25, 0.3) is 11.0 Å². The second-order valence-corrected chi connectivity index (χ2v) is 10.1. The molecule has 0 bridgehead atoms. The van der Waals surface area contributed by atoms with Crippen LogP contribution in [0.3, 0.4) is 0 Å². The first-order valence-electron chi connectivity index (χ1n) is 13.0. The minimum Gasteiger partial charge on any atom is -0.351 e. The van der Waals surface area contributed by atoms with Gasteiger partial charge in [-0.05, 0) is 45.2 Å². The van der Waals surface area contributed by atoms with Gasteiger partial charge in [-0.15, -0.1) is 0 Å². The number of amides is 1. The second-order valence-electron chi connectivity index (χ2n) is 10.1. The highest BCUT2D eigenvalue weighted by Gasteiger charge is 2.48. The molecule has 0 atom stereocenters. The van der Waals surface area contributed by atoms with E-state index in [2.05, 4.69) is 50.9 Å². The number of pyridine rings is 1. The molecule has 1 aliphatic carbocycles. The zero-order valence-corrected chi connectivity index (χ0v) is 21.6. The summed E-state index contributed by atoms with van der Waals surface area (Å²) in [5.74, 6) is 0.868. The highest BCUT2D eigenvalue weighted by Crippen LogP contribution is 2.47. The SMILES string of the molecule is Cc1ncc(C(=O)NCCN2CCCCC23CC3)cc1Nc1nn(C)c2nc(Nc3cncnc3)ncc12. The Morgan fingerprint density at radius 1 is 1.05 bits per heavy atom. The summed E-state index contributed by atoms with van der Waals surface area (Å²) < 4.78 is 1.68. The smallest absolute Gasteiger partial charge is 0.252 e. The lowest BCUT2D eigenvalue weighted by Crippen LogP contribution is -2.45. The maximum absolute atomic E-state index is 12.9. The number of aromatic nitrogens is 7. The molecule has 0 radical (unpaired) electrons. The van der Waals surface area contributed by atoms with E-state index in [1.165, 1.54) is 38.4 Å². The van der Waals surface area contributed by atoms with Crippen molar-refractivity contribution in [3.8, 4) is 0 Å². The lowest BCUT2D eigenvalue weighted by molar-refractivity contribution is 0.0925. The van der Waals surface area contributed by atoms with Crippen molar-refractivity contribution >= 4 is 40.1 Å². The van der Waals surface area contributed by atoms with Gasteiger partial charge in [-0.1, -0.05) is 6.42 Å². The number of nitrogens with zero attached hydrogens (tertiary/aromatic N) is 8. The van der Waals surface area contributed by atoms with Crippen molar-refractivity contribution in [1.29, 1.82) is 0 Å². The van der Waals surface area contributed by atoms with E-state index < -0.39 is 0 Å². The largest absolute Gasteiger partial charge is 0.351 e. The Kier molecular flexibility index (Phi) is 6.32. The average molecular weight is 514 g/mol. The minimum atomic E-state index is -0.128. The molecule has 2 aliphatic rings. The quantitative estimate of drug-likeness (QED) is 0.322. The average Bonchev–Trinajstić information content (AvgIpc) is 3.63. The third kappa shape index (κ3) is 4.86. The predicted octanol–water partition coefficient (Wildman–Crippen LogP) is 3.09. The molecule has 38 heavy (non-hydrogen) atoms. The summed E-state index contributed by atoms with van der Waals surface area (Å²) in [6, 6.07) is 1.81. The Labute approximate surface area is 220 Å². The molecule has 12 nitrogen and oxygen atoms in total. The number of nitrogens with one attached hydrogen (secondary N) is 3. The van der Waals surface area contributed by atoms with E-state index in [0.717, 1.165) is 24.2 Å². The van der Waals surface area contributed by atoms with Gasteiger partial charge in [-0.25, -0.2) is 19.6 Å². The van der Waals surface area contributed by atoms with Crippen molar-refractivity contribution in [3.63, 3.8) is 0 Å². The zero-order chi connectivity index (χ0) is 26.1. The molecule has 6 rings (SSSR count). The number of carbonyl (C=O) groups is 1. The third-order valence-electron chi connectivity index (χ3n) is 7.48. The predicted molar refractivity (Wildman–Crippen MR) is 144 cm³/mol. The molecular weight excluding hydrogens is 482 g/mol. The molecule has 1 spiro atoms. The number of fused-ring (bicyclic) bond motifs is 1. The number of anilines is 4. The number of hydrogen-bond acceptors (Lipinski definition) is 10. The first-order chi connectivity index (χ1) is 18.5. The van der Waals surface area contributed by atoms with E-state index in [1.807, 2.05) is 20.0 Å². The summed E-state index contributed by atoms with van der Waals surface area (Å²) in [5.41, 5.74) is 3.72. The number of piperidine rings is 1. The molecule has 1 saturated heterocycles. The van der Waals surface area contributed by atoms with Crippen molar-refractivity contribution in [3.05, 3.63) is 48.4 Å². The van der Waals surface area contributed by atoms with Crippen LogP contribution in [0.15, 0.2) is 37.2 Å². The summed E-state index contributed by atoms with van der Waals surface area (Å²) in [5, 5.41) is 14.8. The van der Waals surface area contributed by atoms with Gasteiger partial charge in [0.2, 0.25) is 5.95 Å². The van der Waals surface area contributed by atoms with Gasteiger partial charge in [0.25, 0.3) is 5.91 Å². The molecule has 0 unspecified atom stereocenters. The third-order valence-corrected chi connectivity index (χ3v) is 7.48. The molecule has 12 heteroatoms. The maximum Gasteiger partial charge on any atom is 0.252 e. The van der Waals surface area contributed by atoms with Gasteiger partial charge in [0, 0.05) is 38.1 Å². The maximum atomic E-state index is 12.9. The van der Waals surface area contributed by atoms with E-state index in [0.29, 0.717) is 46.4 Å². The summed E-state index contributed by atoms with van der Waals surface area (Å²) in [4.78, 5) is 36.9. The lowest BCUT2D eigenvalue weighted by Gasteiger charge is -2.36. The van der Waals surface area contributed by atoms with Crippen molar-refractivity contribution in [1.82, 2.24) is 44.9 Å². The van der Waals surface area contributed by atoms with E-state index in [4.69, 9.17) is 0 Å². The van der Waals surface area contributed by atoms with Crippen LogP contribution in [-0.4, -0.2) is 70.7 Å². The number of carbonyl (C=O) groups excluding carboxylic acids is 1. The van der Waals surface area contributed by atoms with Crippen LogP contribution in [0.2, 0.25) is 0 Å². The summed E-state index contributed by atoms with van der Waals surface area (Å²) in [7, 11) is 1.82. The van der Waals surface area contributed by atoms with Crippen LogP contribution in [0.5, 0.6) is 0 Å². The fourth-order valence-corrected chi connectivity index (χ4v) is 5.21. The van der Waals surface area contributed by atoms with Gasteiger partial charge in [-0.2, -0.15) is 10.1 Å². The molecule has 0 aromatic carbocycles. The minimum absolute atomic E-state index is 0.128. The molecule has 196 valence electrons. The standard InChI is InChI=1S/C26H31N11O/c1-17-21(11-18(12-30-17)24(38)29-8-10-37-9-4-3-5-26(37)6-7-26)33-22-20-15-31-25(34-23(20)36(2)35-22)32-19-13-27-16-28-14-19/h11-16H,3-10H2,1-2H3,(H,29,38)(H,33,35)(H,31,32,34).